The SMILES string of the molecule is Cc1ccccc1NC(=O)CNc1ccc(N2CCC(C)CC2)cc1. The van der Waals surface area contributed by atoms with E-state index in [1.54, 1.807) is 0 Å². The molecule has 3 rings (SSSR count). The number of benzene rings is 2. The maximum atomic E-state index is 12.1. The first-order valence-electron chi connectivity index (χ1n) is 9.06. The first kappa shape index (κ1) is 17.3. The number of hydrogen-bond donors (Lipinski definition) is 2. The van der Waals surface area contributed by atoms with Crippen molar-refractivity contribution >= 4 is 23.0 Å². The molecule has 1 amide bonds. The summed E-state index contributed by atoms with van der Waals surface area (Å²) in [4.78, 5) is 14.5. The van der Waals surface area contributed by atoms with Gasteiger partial charge in [0.15, 0.2) is 0 Å². The Bertz CT molecular complexity index is 703. The Labute approximate surface area is 150 Å². The van der Waals surface area contributed by atoms with Crippen LogP contribution in [0.4, 0.5) is 17.1 Å². The van der Waals surface area contributed by atoms with E-state index in [0.29, 0.717) is 0 Å². The van der Waals surface area contributed by atoms with Gasteiger partial charge in [0.2, 0.25) is 5.91 Å². The molecule has 0 radical (unpaired) electrons. The van der Waals surface area contributed by atoms with Crippen molar-refractivity contribution in [3.8, 4) is 0 Å². The fourth-order valence-corrected chi connectivity index (χ4v) is 3.15. The molecule has 0 atom stereocenters. The number of nitrogens with one attached hydrogen (secondary N) is 2. The van der Waals surface area contributed by atoms with Gasteiger partial charge in [-0.3, -0.25) is 4.79 Å². The molecule has 0 bridgehead atoms. The molecule has 1 aliphatic rings. The summed E-state index contributed by atoms with van der Waals surface area (Å²) < 4.78 is 0. The van der Waals surface area contributed by atoms with Gasteiger partial charge in [0.1, 0.15) is 0 Å². The van der Waals surface area contributed by atoms with Crippen molar-refractivity contribution in [1.82, 2.24) is 0 Å². The molecule has 1 saturated heterocycles. The van der Waals surface area contributed by atoms with E-state index in [2.05, 4.69) is 46.7 Å². The van der Waals surface area contributed by atoms with Crippen molar-refractivity contribution in [2.45, 2.75) is 26.7 Å². The molecule has 2 aromatic rings. The molecule has 1 heterocycles. The second-order valence-electron chi connectivity index (χ2n) is 6.93. The zero-order valence-electron chi connectivity index (χ0n) is 15.1. The van der Waals surface area contributed by atoms with Crippen molar-refractivity contribution in [2.24, 2.45) is 5.92 Å². The van der Waals surface area contributed by atoms with Gasteiger partial charge in [0.05, 0.1) is 6.54 Å². The van der Waals surface area contributed by atoms with E-state index < -0.39 is 0 Å². The lowest BCUT2D eigenvalue weighted by atomic mass is 9.99. The summed E-state index contributed by atoms with van der Waals surface area (Å²) in [6.07, 6.45) is 2.53. The zero-order chi connectivity index (χ0) is 17.6. The van der Waals surface area contributed by atoms with Crippen LogP contribution in [0, 0.1) is 12.8 Å². The van der Waals surface area contributed by atoms with E-state index in [0.717, 1.165) is 35.9 Å². The van der Waals surface area contributed by atoms with Crippen molar-refractivity contribution in [3.63, 3.8) is 0 Å². The monoisotopic (exact) mass is 337 g/mol. The fourth-order valence-electron chi connectivity index (χ4n) is 3.15. The van der Waals surface area contributed by atoms with Crippen molar-refractivity contribution in [3.05, 3.63) is 54.1 Å². The van der Waals surface area contributed by atoms with Crippen LogP contribution < -0.4 is 15.5 Å². The molecule has 0 aromatic heterocycles. The van der Waals surface area contributed by atoms with Gasteiger partial charge in [-0.1, -0.05) is 25.1 Å². The molecule has 2 aromatic carbocycles. The summed E-state index contributed by atoms with van der Waals surface area (Å²) in [5.41, 5.74) is 4.16. The number of aryl methyl sites for hydroxylation is 1. The van der Waals surface area contributed by atoms with E-state index in [9.17, 15) is 4.79 Å². The van der Waals surface area contributed by atoms with Gasteiger partial charge >= 0.3 is 0 Å². The van der Waals surface area contributed by atoms with Crippen LogP contribution in [0.15, 0.2) is 48.5 Å². The molecule has 0 spiro atoms. The highest BCUT2D eigenvalue weighted by Gasteiger charge is 2.15. The van der Waals surface area contributed by atoms with Crippen molar-refractivity contribution < 1.29 is 4.79 Å². The summed E-state index contributed by atoms with van der Waals surface area (Å²) in [6, 6.07) is 16.2. The van der Waals surface area contributed by atoms with Gasteiger partial charge in [-0.15, -0.1) is 0 Å². The van der Waals surface area contributed by atoms with Gasteiger partial charge in [-0.25, -0.2) is 0 Å². The molecule has 1 fully saturated rings. The number of piperidine rings is 1. The molecule has 4 heteroatoms. The molecular formula is C21H27N3O. The topological polar surface area (TPSA) is 44.4 Å². The van der Waals surface area contributed by atoms with Crippen LogP contribution in [0.1, 0.15) is 25.3 Å². The number of para-hydroxylation sites is 1. The predicted molar refractivity (Wildman–Crippen MR) is 105 cm³/mol. The smallest absolute Gasteiger partial charge is 0.243 e. The van der Waals surface area contributed by atoms with Gasteiger partial charge < -0.3 is 15.5 Å². The first-order chi connectivity index (χ1) is 12.1. The molecule has 0 aliphatic carbocycles. The quantitative estimate of drug-likeness (QED) is 0.856. The number of hydrogen-bond acceptors (Lipinski definition) is 3. The van der Waals surface area contributed by atoms with Crippen LogP contribution in [-0.2, 0) is 4.79 Å². The molecule has 0 unspecified atom stereocenters. The van der Waals surface area contributed by atoms with Gasteiger partial charge in [0, 0.05) is 30.2 Å². The average Bonchev–Trinajstić information content (AvgIpc) is 2.63. The number of nitrogens with zero attached hydrogens (tertiary/aromatic N) is 1. The minimum atomic E-state index is -0.0385. The lowest BCUT2D eigenvalue weighted by Crippen LogP contribution is -2.32. The summed E-state index contributed by atoms with van der Waals surface area (Å²) in [5, 5.41) is 6.13. The molecule has 4 nitrogen and oxygen atoms in total. The maximum absolute atomic E-state index is 12.1. The Morgan fingerprint density at radius 1 is 1.08 bits per heavy atom. The minimum Gasteiger partial charge on any atom is -0.376 e. The highest BCUT2D eigenvalue weighted by atomic mass is 16.1. The molecule has 1 aliphatic heterocycles. The number of rotatable bonds is 5. The largest absolute Gasteiger partial charge is 0.376 e. The standard InChI is InChI=1S/C21H27N3O/c1-16-11-13-24(14-12-16)19-9-7-18(8-10-19)22-15-21(25)23-20-6-4-3-5-17(20)2/h3-10,16,22H,11-15H2,1-2H3,(H,23,25). The number of carbonyl (C=O) groups excluding carboxylic acids is 1. The van der Waals surface area contributed by atoms with Crippen molar-refractivity contribution in [1.29, 1.82) is 0 Å². The van der Waals surface area contributed by atoms with E-state index in [4.69, 9.17) is 0 Å². The van der Waals surface area contributed by atoms with Crippen LogP contribution >= 0.6 is 0 Å². The van der Waals surface area contributed by atoms with Gasteiger partial charge in [0.25, 0.3) is 0 Å². The lowest BCUT2D eigenvalue weighted by molar-refractivity contribution is -0.114. The maximum Gasteiger partial charge on any atom is 0.243 e. The summed E-state index contributed by atoms with van der Waals surface area (Å²) >= 11 is 0. The van der Waals surface area contributed by atoms with Crippen LogP contribution in [0.2, 0.25) is 0 Å². The van der Waals surface area contributed by atoms with Gasteiger partial charge in [-0.05, 0) is 61.6 Å². The first-order valence-corrected chi connectivity index (χ1v) is 9.06. The van der Waals surface area contributed by atoms with E-state index in [1.807, 2.05) is 31.2 Å². The number of carbonyl (C=O) groups is 1. The van der Waals surface area contributed by atoms with Crippen LogP contribution in [0.3, 0.4) is 0 Å². The Balaban J connectivity index is 1.50. The second-order valence-corrected chi connectivity index (χ2v) is 6.93. The lowest BCUT2D eigenvalue weighted by Gasteiger charge is -2.32. The molecular weight excluding hydrogens is 310 g/mol. The Morgan fingerprint density at radius 3 is 2.44 bits per heavy atom. The second kappa shape index (κ2) is 8.06. The minimum absolute atomic E-state index is 0.0385. The number of amides is 1. The van der Waals surface area contributed by atoms with Crippen molar-refractivity contribution in [2.75, 3.05) is 35.2 Å². The summed E-state index contributed by atoms with van der Waals surface area (Å²) in [7, 11) is 0. The average molecular weight is 337 g/mol. The normalized spacial score (nSPS) is 15.0. The van der Waals surface area contributed by atoms with Gasteiger partial charge in [-0.2, -0.15) is 0 Å². The third-order valence-corrected chi connectivity index (χ3v) is 4.89. The number of anilines is 3. The predicted octanol–water partition coefficient (Wildman–Crippen LogP) is 4.28. The van der Waals surface area contributed by atoms with E-state index >= 15 is 0 Å². The molecule has 132 valence electrons. The Hall–Kier alpha value is -2.49. The van der Waals surface area contributed by atoms with E-state index in [-0.39, 0.29) is 12.5 Å². The molecule has 2 N–H and O–H groups in total. The summed E-state index contributed by atoms with van der Waals surface area (Å²) in [6.45, 7) is 6.84. The third kappa shape index (κ3) is 4.75. The van der Waals surface area contributed by atoms with Crippen LogP contribution in [0.5, 0.6) is 0 Å². The Morgan fingerprint density at radius 2 is 1.76 bits per heavy atom. The molecule has 25 heavy (non-hydrogen) atoms. The Kier molecular flexibility index (Phi) is 5.59. The third-order valence-electron chi connectivity index (χ3n) is 4.89. The zero-order valence-corrected chi connectivity index (χ0v) is 15.1. The fraction of sp³-hybridized carbons (Fsp3) is 0.381. The highest BCUT2D eigenvalue weighted by molar-refractivity contribution is 5.94. The van der Waals surface area contributed by atoms with E-state index in [1.165, 1.54) is 18.5 Å². The van der Waals surface area contributed by atoms with Crippen LogP contribution in [-0.4, -0.2) is 25.5 Å². The molecule has 0 saturated carbocycles. The van der Waals surface area contributed by atoms with Crippen LogP contribution in [0.25, 0.3) is 0 Å². The summed E-state index contributed by atoms with van der Waals surface area (Å²) in [5.74, 6) is 0.798. The highest BCUT2D eigenvalue weighted by Crippen LogP contribution is 2.24.